The number of carbonyl (C=O) groups is 3. The van der Waals surface area contributed by atoms with Crippen LogP contribution in [0.5, 0.6) is 0 Å². The number of ether oxygens (including phenoxy) is 1. The molecule has 1 aliphatic carbocycles. The number of urea groups is 1. The van der Waals surface area contributed by atoms with Gasteiger partial charge in [-0.1, -0.05) is 0 Å². The lowest BCUT2D eigenvalue weighted by Crippen LogP contribution is -2.49. The van der Waals surface area contributed by atoms with E-state index in [2.05, 4.69) is 15.7 Å². The van der Waals surface area contributed by atoms with Gasteiger partial charge >= 0.3 is 12.1 Å². The van der Waals surface area contributed by atoms with Crippen LogP contribution in [0.3, 0.4) is 0 Å². The summed E-state index contributed by atoms with van der Waals surface area (Å²) in [5.74, 6) is -5.08. The van der Waals surface area contributed by atoms with Gasteiger partial charge in [-0.3, -0.25) is 9.48 Å². The zero-order valence-corrected chi connectivity index (χ0v) is 19.5. The van der Waals surface area contributed by atoms with Crippen LogP contribution in [0, 0.1) is 23.4 Å². The van der Waals surface area contributed by atoms with E-state index in [-0.39, 0.29) is 36.8 Å². The van der Waals surface area contributed by atoms with Gasteiger partial charge in [-0.2, -0.15) is 5.10 Å². The van der Waals surface area contributed by atoms with Crippen LogP contribution in [0.2, 0.25) is 0 Å². The molecule has 1 saturated carbocycles. The van der Waals surface area contributed by atoms with Crippen LogP contribution in [0.4, 0.5) is 34.1 Å². The van der Waals surface area contributed by atoms with Crippen molar-refractivity contribution in [3.05, 3.63) is 41.5 Å². The minimum atomic E-state index is -1.61. The zero-order chi connectivity index (χ0) is 25.6. The number of nitrogens with one attached hydrogen (secondary N) is 2. The van der Waals surface area contributed by atoms with Gasteiger partial charge in [0.05, 0.1) is 49.2 Å². The van der Waals surface area contributed by atoms with E-state index < -0.39 is 35.5 Å². The van der Waals surface area contributed by atoms with Crippen molar-refractivity contribution in [1.29, 1.82) is 0 Å². The number of fused-ring (bicyclic) bond motifs is 3. The van der Waals surface area contributed by atoms with E-state index >= 15 is 0 Å². The molecular weight excluding hydrogens is 481 g/mol. The summed E-state index contributed by atoms with van der Waals surface area (Å²) in [7, 11) is 1.29. The van der Waals surface area contributed by atoms with Crippen LogP contribution in [-0.4, -0.2) is 63.9 Å². The van der Waals surface area contributed by atoms with Gasteiger partial charge in [0, 0.05) is 30.9 Å². The molecule has 5 rings (SSSR count). The predicted octanol–water partition coefficient (Wildman–Crippen LogP) is 3.47. The van der Waals surface area contributed by atoms with Crippen LogP contribution < -0.4 is 10.6 Å². The van der Waals surface area contributed by atoms with E-state index in [1.54, 1.807) is 11.1 Å². The molecule has 2 N–H and O–H groups in total. The predicted molar refractivity (Wildman–Crippen MR) is 120 cm³/mol. The standard InChI is InChI=1S/C23H25F3N6O4/c1-36-23(35)30-6-5-12(10-30)21(33)29-16-9-27-32-18-4-2-3-17(18)31(11-19(16)32)22(34)28-13-7-14(24)20(26)15(25)8-13/h7-9,12,17-18H,2-6,10-11H2,1H3,(H,28,34)(H,29,33)/t12?,17-,18+/m0/s1. The number of nitrogens with zero attached hydrogens (tertiary/aromatic N) is 4. The fourth-order valence-corrected chi connectivity index (χ4v) is 5.33. The molecule has 1 aromatic carbocycles. The number of hydrogen-bond acceptors (Lipinski definition) is 5. The van der Waals surface area contributed by atoms with Crippen LogP contribution in [-0.2, 0) is 16.1 Å². The van der Waals surface area contributed by atoms with Crippen molar-refractivity contribution in [3.8, 4) is 0 Å². The third-order valence-corrected chi connectivity index (χ3v) is 7.12. The van der Waals surface area contributed by atoms with Gasteiger partial charge in [-0.25, -0.2) is 22.8 Å². The topological polar surface area (TPSA) is 109 Å². The first kappa shape index (κ1) is 23.9. The molecule has 0 radical (unpaired) electrons. The van der Waals surface area contributed by atoms with E-state index in [1.807, 2.05) is 4.68 Å². The van der Waals surface area contributed by atoms with Gasteiger partial charge in [0.1, 0.15) is 0 Å². The van der Waals surface area contributed by atoms with Crippen molar-refractivity contribution >= 4 is 29.4 Å². The van der Waals surface area contributed by atoms with Gasteiger partial charge in [0.2, 0.25) is 5.91 Å². The molecule has 2 aliphatic heterocycles. The Balaban J connectivity index is 1.33. The molecule has 36 heavy (non-hydrogen) atoms. The summed E-state index contributed by atoms with van der Waals surface area (Å²) in [5.41, 5.74) is 0.884. The van der Waals surface area contributed by atoms with Gasteiger partial charge in [-0.15, -0.1) is 0 Å². The number of rotatable bonds is 3. The number of carbonyl (C=O) groups excluding carboxylic acids is 3. The molecule has 2 aromatic rings. The third-order valence-electron chi connectivity index (χ3n) is 7.12. The second kappa shape index (κ2) is 9.36. The summed E-state index contributed by atoms with van der Waals surface area (Å²) in [6.45, 7) is 0.763. The van der Waals surface area contributed by atoms with Crippen molar-refractivity contribution < 1.29 is 32.3 Å². The Hall–Kier alpha value is -3.77. The first-order valence-electron chi connectivity index (χ1n) is 11.7. The Morgan fingerprint density at radius 2 is 1.78 bits per heavy atom. The summed E-state index contributed by atoms with van der Waals surface area (Å²) in [4.78, 5) is 40.8. The minimum Gasteiger partial charge on any atom is -0.453 e. The number of hydrogen-bond donors (Lipinski definition) is 2. The first-order valence-corrected chi connectivity index (χ1v) is 11.7. The van der Waals surface area contributed by atoms with Crippen LogP contribution in [0.1, 0.15) is 37.4 Å². The smallest absolute Gasteiger partial charge is 0.409 e. The van der Waals surface area contributed by atoms with Crippen LogP contribution in [0.15, 0.2) is 18.3 Å². The zero-order valence-electron chi connectivity index (χ0n) is 19.5. The van der Waals surface area contributed by atoms with Gasteiger partial charge in [-0.05, 0) is 25.7 Å². The quantitative estimate of drug-likeness (QED) is 0.620. The molecule has 0 spiro atoms. The number of halogens is 3. The number of likely N-dealkylation sites (tertiary alicyclic amines) is 1. The third kappa shape index (κ3) is 4.22. The monoisotopic (exact) mass is 506 g/mol. The average molecular weight is 506 g/mol. The van der Waals surface area contributed by atoms with Crippen molar-refractivity contribution in [2.75, 3.05) is 30.8 Å². The summed E-state index contributed by atoms with van der Waals surface area (Å²) in [5, 5.41) is 9.80. The molecule has 3 aliphatic rings. The maximum atomic E-state index is 13.6. The molecular formula is C23H25F3N6O4. The highest BCUT2D eigenvalue weighted by Crippen LogP contribution is 2.41. The highest BCUT2D eigenvalue weighted by atomic mass is 19.2. The molecule has 13 heteroatoms. The summed E-state index contributed by atoms with van der Waals surface area (Å²) in [6, 6.07) is 0.544. The maximum Gasteiger partial charge on any atom is 0.409 e. The SMILES string of the molecule is COC(=O)N1CCC(C(=O)Nc2cnn3c2CN(C(=O)Nc2cc(F)c(F)c(F)c2)[C@H]2CCC[C@H]23)C1. The summed E-state index contributed by atoms with van der Waals surface area (Å²) in [6.07, 6.45) is 3.90. The van der Waals surface area contributed by atoms with Crippen molar-refractivity contribution in [3.63, 3.8) is 0 Å². The minimum absolute atomic E-state index is 0.105. The molecule has 192 valence electrons. The highest BCUT2D eigenvalue weighted by Gasteiger charge is 2.42. The molecule has 4 amide bonds. The largest absolute Gasteiger partial charge is 0.453 e. The Bertz CT molecular complexity index is 1200. The molecule has 1 saturated heterocycles. The summed E-state index contributed by atoms with van der Waals surface area (Å²) >= 11 is 0. The lowest BCUT2D eigenvalue weighted by Gasteiger charge is -2.38. The number of amides is 4. The van der Waals surface area contributed by atoms with E-state index in [4.69, 9.17) is 4.74 Å². The van der Waals surface area contributed by atoms with E-state index in [9.17, 15) is 27.6 Å². The van der Waals surface area contributed by atoms with Gasteiger partial charge in [0.25, 0.3) is 0 Å². The summed E-state index contributed by atoms with van der Waals surface area (Å²) < 4.78 is 47.1. The number of benzene rings is 1. The molecule has 1 aromatic heterocycles. The van der Waals surface area contributed by atoms with Crippen molar-refractivity contribution in [1.82, 2.24) is 19.6 Å². The lowest BCUT2D eigenvalue weighted by molar-refractivity contribution is -0.119. The fraction of sp³-hybridized carbons (Fsp3) is 0.478. The molecule has 0 bridgehead atoms. The van der Waals surface area contributed by atoms with Crippen LogP contribution in [0.25, 0.3) is 0 Å². The molecule has 3 atom stereocenters. The molecule has 3 heterocycles. The Morgan fingerprint density at radius 1 is 1.06 bits per heavy atom. The fourth-order valence-electron chi connectivity index (χ4n) is 5.33. The second-order valence-corrected chi connectivity index (χ2v) is 9.22. The molecule has 1 unspecified atom stereocenters. The highest BCUT2D eigenvalue weighted by molar-refractivity contribution is 5.94. The molecule has 2 fully saturated rings. The number of methoxy groups -OCH3 is 1. The number of anilines is 2. The van der Waals surface area contributed by atoms with E-state index in [0.29, 0.717) is 24.3 Å². The number of aromatic nitrogens is 2. The molecule has 10 nitrogen and oxygen atoms in total. The van der Waals surface area contributed by atoms with E-state index in [1.165, 1.54) is 12.0 Å². The Morgan fingerprint density at radius 3 is 2.50 bits per heavy atom. The second-order valence-electron chi connectivity index (χ2n) is 9.22. The van der Waals surface area contributed by atoms with Crippen LogP contribution >= 0.6 is 0 Å². The Kier molecular flexibility index (Phi) is 6.22. The maximum absolute atomic E-state index is 13.6. The lowest BCUT2D eigenvalue weighted by atomic mass is 10.1. The average Bonchev–Trinajstić information content (AvgIpc) is 3.61. The Labute approximate surface area is 204 Å². The normalized spacial score (nSPS) is 22.7. The van der Waals surface area contributed by atoms with Crippen molar-refractivity contribution in [2.45, 2.75) is 44.3 Å². The van der Waals surface area contributed by atoms with Gasteiger partial charge in [0.15, 0.2) is 17.5 Å². The van der Waals surface area contributed by atoms with Crippen molar-refractivity contribution in [2.24, 2.45) is 5.92 Å². The van der Waals surface area contributed by atoms with E-state index in [0.717, 1.165) is 31.4 Å². The first-order chi connectivity index (χ1) is 17.3. The van der Waals surface area contributed by atoms with Gasteiger partial charge < -0.3 is 25.2 Å².